The van der Waals surface area contributed by atoms with Crippen LogP contribution in [0.4, 0.5) is 0 Å². The number of carbonyl (C=O) groups is 1. The van der Waals surface area contributed by atoms with Crippen LogP contribution in [0.3, 0.4) is 0 Å². The standard InChI is InChI=1S/C9H19NO2/c1-3-5-6-12-9(11)8(4-2)7-10/h8H,3-7,10H2,1-2H3. The minimum Gasteiger partial charge on any atom is -0.465 e. The van der Waals surface area contributed by atoms with Crippen LogP contribution in [0.2, 0.25) is 0 Å². The van der Waals surface area contributed by atoms with Gasteiger partial charge in [0, 0.05) is 6.54 Å². The number of carbonyl (C=O) groups excluding carboxylic acids is 1. The van der Waals surface area contributed by atoms with Gasteiger partial charge in [0.05, 0.1) is 12.5 Å². The summed E-state index contributed by atoms with van der Waals surface area (Å²) in [5.74, 6) is -0.254. The molecular formula is C9H19NO2. The smallest absolute Gasteiger partial charge is 0.310 e. The summed E-state index contributed by atoms with van der Waals surface area (Å²) in [4.78, 5) is 11.2. The Morgan fingerprint density at radius 2 is 2.17 bits per heavy atom. The molecule has 0 bridgehead atoms. The molecule has 0 fully saturated rings. The maximum absolute atomic E-state index is 11.2. The summed E-state index contributed by atoms with van der Waals surface area (Å²) in [6, 6.07) is 0. The lowest BCUT2D eigenvalue weighted by Crippen LogP contribution is -2.25. The summed E-state index contributed by atoms with van der Waals surface area (Å²) in [5, 5.41) is 0. The topological polar surface area (TPSA) is 52.3 Å². The molecule has 0 heterocycles. The lowest BCUT2D eigenvalue weighted by Gasteiger charge is -2.10. The molecule has 3 heteroatoms. The first-order valence-electron chi connectivity index (χ1n) is 4.62. The average molecular weight is 173 g/mol. The van der Waals surface area contributed by atoms with Crippen LogP contribution in [0.1, 0.15) is 33.1 Å². The Kier molecular flexibility index (Phi) is 6.76. The van der Waals surface area contributed by atoms with E-state index in [0.717, 1.165) is 19.3 Å². The molecule has 0 aromatic carbocycles. The zero-order valence-electron chi connectivity index (χ0n) is 8.01. The molecular weight excluding hydrogens is 154 g/mol. The fourth-order valence-electron chi connectivity index (χ4n) is 0.865. The van der Waals surface area contributed by atoms with Crippen molar-refractivity contribution in [3.63, 3.8) is 0 Å². The van der Waals surface area contributed by atoms with E-state index in [2.05, 4.69) is 6.92 Å². The lowest BCUT2D eigenvalue weighted by molar-refractivity contribution is -0.148. The van der Waals surface area contributed by atoms with E-state index in [9.17, 15) is 4.79 Å². The Balaban J connectivity index is 3.54. The normalized spacial score (nSPS) is 12.6. The van der Waals surface area contributed by atoms with Gasteiger partial charge >= 0.3 is 5.97 Å². The van der Waals surface area contributed by atoms with Crippen molar-refractivity contribution in [3.8, 4) is 0 Å². The molecule has 72 valence electrons. The van der Waals surface area contributed by atoms with E-state index >= 15 is 0 Å². The van der Waals surface area contributed by atoms with Crippen LogP contribution < -0.4 is 5.73 Å². The molecule has 0 amide bonds. The maximum Gasteiger partial charge on any atom is 0.310 e. The molecule has 0 aliphatic rings. The lowest BCUT2D eigenvalue weighted by atomic mass is 10.1. The molecule has 0 aliphatic heterocycles. The van der Waals surface area contributed by atoms with Crippen molar-refractivity contribution in [2.75, 3.05) is 13.2 Å². The van der Waals surface area contributed by atoms with Crippen LogP contribution in [0.25, 0.3) is 0 Å². The van der Waals surface area contributed by atoms with E-state index in [1.165, 1.54) is 0 Å². The predicted octanol–water partition coefficient (Wildman–Crippen LogP) is 1.31. The van der Waals surface area contributed by atoms with E-state index < -0.39 is 0 Å². The first-order chi connectivity index (χ1) is 5.76. The van der Waals surface area contributed by atoms with Gasteiger partial charge in [-0.3, -0.25) is 4.79 Å². The van der Waals surface area contributed by atoms with Gasteiger partial charge in [-0.1, -0.05) is 20.3 Å². The van der Waals surface area contributed by atoms with Crippen molar-refractivity contribution in [1.82, 2.24) is 0 Å². The van der Waals surface area contributed by atoms with Crippen LogP contribution in [0, 0.1) is 5.92 Å². The van der Waals surface area contributed by atoms with Crippen LogP contribution in [-0.2, 0) is 9.53 Å². The molecule has 1 atom stereocenters. The largest absolute Gasteiger partial charge is 0.465 e. The van der Waals surface area contributed by atoms with Gasteiger partial charge in [0.25, 0.3) is 0 Å². The summed E-state index contributed by atoms with van der Waals surface area (Å²) in [6.45, 7) is 4.93. The highest BCUT2D eigenvalue weighted by atomic mass is 16.5. The van der Waals surface area contributed by atoms with Gasteiger partial charge in [-0.05, 0) is 12.8 Å². The van der Waals surface area contributed by atoms with Crippen LogP contribution in [0.15, 0.2) is 0 Å². The molecule has 0 aliphatic carbocycles. The molecule has 0 saturated carbocycles. The van der Waals surface area contributed by atoms with Gasteiger partial charge in [0.1, 0.15) is 0 Å². The summed E-state index contributed by atoms with van der Waals surface area (Å²) >= 11 is 0. The van der Waals surface area contributed by atoms with Crippen molar-refractivity contribution in [2.45, 2.75) is 33.1 Å². The molecule has 0 saturated heterocycles. The van der Waals surface area contributed by atoms with Gasteiger partial charge in [-0.15, -0.1) is 0 Å². The quantitative estimate of drug-likeness (QED) is 0.487. The van der Waals surface area contributed by atoms with E-state index in [-0.39, 0.29) is 11.9 Å². The van der Waals surface area contributed by atoms with Crippen molar-refractivity contribution in [1.29, 1.82) is 0 Å². The SMILES string of the molecule is CCCCOC(=O)C(CC)CN. The number of nitrogens with two attached hydrogens (primary N) is 1. The number of ether oxygens (including phenoxy) is 1. The molecule has 3 nitrogen and oxygen atoms in total. The molecule has 1 unspecified atom stereocenters. The summed E-state index contributed by atoms with van der Waals surface area (Å²) < 4.78 is 5.01. The van der Waals surface area contributed by atoms with Crippen molar-refractivity contribution < 1.29 is 9.53 Å². The molecule has 0 aromatic rings. The predicted molar refractivity (Wildman–Crippen MR) is 48.7 cm³/mol. The minimum atomic E-state index is -0.145. The Labute approximate surface area is 74.3 Å². The molecule has 0 aromatic heterocycles. The third kappa shape index (κ3) is 4.34. The van der Waals surface area contributed by atoms with Gasteiger partial charge in [-0.25, -0.2) is 0 Å². The summed E-state index contributed by atoms with van der Waals surface area (Å²) in [6.07, 6.45) is 2.75. The third-order valence-electron chi connectivity index (χ3n) is 1.85. The van der Waals surface area contributed by atoms with Gasteiger partial charge in [-0.2, -0.15) is 0 Å². The molecule has 12 heavy (non-hydrogen) atoms. The summed E-state index contributed by atoms with van der Waals surface area (Å²) in [5.41, 5.74) is 5.39. The zero-order chi connectivity index (χ0) is 9.40. The number of unbranched alkanes of at least 4 members (excludes halogenated alkanes) is 1. The second-order valence-corrected chi connectivity index (χ2v) is 2.86. The Hall–Kier alpha value is -0.570. The highest BCUT2D eigenvalue weighted by Gasteiger charge is 2.14. The second-order valence-electron chi connectivity index (χ2n) is 2.86. The monoisotopic (exact) mass is 173 g/mol. The van der Waals surface area contributed by atoms with Gasteiger partial charge in [0.15, 0.2) is 0 Å². The van der Waals surface area contributed by atoms with E-state index in [4.69, 9.17) is 10.5 Å². The number of hydrogen-bond donors (Lipinski definition) is 1. The summed E-state index contributed by atoms with van der Waals surface area (Å²) in [7, 11) is 0. The number of hydrogen-bond acceptors (Lipinski definition) is 3. The minimum absolute atomic E-state index is 0.109. The Bertz CT molecular complexity index is 122. The Morgan fingerprint density at radius 1 is 1.50 bits per heavy atom. The van der Waals surface area contributed by atoms with E-state index in [1.54, 1.807) is 0 Å². The molecule has 2 N–H and O–H groups in total. The van der Waals surface area contributed by atoms with Crippen LogP contribution >= 0.6 is 0 Å². The fraction of sp³-hybridized carbons (Fsp3) is 0.889. The molecule has 0 spiro atoms. The molecule has 0 rings (SSSR count). The van der Waals surface area contributed by atoms with Crippen LogP contribution in [0.5, 0.6) is 0 Å². The number of esters is 1. The van der Waals surface area contributed by atoms with Crippen LogP contribution in [-0.4, -0.2) is 19.1 Å². The van der Waals surface area contributed by atoms with Crippen molar-refractivity contribution >= 4 is 5.97 Å². The highest BCUT2D eigenvalue weighted by molar-refractivity contribution is 5.72. The fourth-order valence-corrected chi connectivity index (χ4v) is 0.865. The third-order valence-corrected chi connectivity index (χ3v) is 1.85. The van der Waals surface area contributed by atoms with Gasteiger partial charge < -0.3 is 10.5 Å². The van der Waals surface area contributed by atoms with Gasteiger partial charge in [0.2, 0.25) is 0 Å². The van der Waals surface area contributed by atoms with Crippen molar-refractivity contribution in [3.05, 3.63) is 0 Å². The average Bonchev–Trinajstić information content (AvgIpc) is 2.07. The van der Waals surface area contributed by atoms with E-state index in [1.807, 2.05) is 6.92 Å². The zero-order valence-corrected chi connectivity index (χ0v) is 8.01. The number of rotatable bonds is 6. The Morgan fingerprint density at radius 3 is 2.58 bits per heavy atom. The first kappa shape index (κ1) is 11.4. The second kappa shape index (κ2) is 7.10. The molecule has 0 radical (unpaired) electrons. The first-order valence-corrected chi connectivity index (χ1v) is 4.62. The van der Waals surface area contributed by atoms with E-state index in [0.29, 0.717) is 13.2 Å². The maximum atomic E-state index is 11.2. The highest BCUT2D eigenvalue weighted by Crippen LogP contribution is 2.03. The van der Waals surface area contributed by atoms with Crippen molar-refractivity contribution in [2.24, 2.45) is 11.7 Å².